The summed E-state index contributed by atoms with van der Waals surface area (Å²) in [5.41, 5.74) is 5.50. The molecule has 0 aliphatic carbocycles. The molecule has 66 valence electrons. The van der Waals surface area contributed by atoms with Crippen molar-refractivity contribution in [3.8, 4) is 0 Å². The summed E-state index contributed by atoms with van der Waals surface area (Å²) in [6, 6.07) is -0.436. The molecule has 1 heterocycles. The minimum absolute atomic E-state index is 0.174. The molecule has 0 fully saturated rings. The van der Waals surface area contributed by atoms with E-state index in [1.807, 2.05) is 6.92 Å². The van der Waals surface area contributed by atoms with Crippen molar-refractivity contribution in [3.05, 3.63) is 11.6 Å². The standard InChI is InChI=1S/C7H11N3OS/c1-2-5(8)6(11)10-7-9-3-4-12-7/h3-5H,2,8H2,1H3,(H,9,10,11)/t5-/m1/s1. The molecule has 1 amide bonds. The fraction of sp³-hybridized carbons (Fsp3) is 0.429. The van der Waals surface area contributed by atoms with Crippen molar-refractivity contribution in [2.24, 2.45) is 5.73 Å². The number of anilines is 1. The third-order valence-electron chi connectivity index (χ3n) is 1.44. The molecule has 0 aromatic carbocycles. The molecule has 0 saturated carbocycles. The van der Waals surface area contributed by atoms with Crippen LogP contribution in [0, 0.1) is 0 Å². The van der Waals surface area contributed by atoms with E-state index in [0.717, 1.165) is 0 Å². The summed E-state index contributed by atoms with van der Waals surface area (Å²) in [7, 11) is 0. The van der Waals surface area contributed by atoms with E-state index < -0.39 is 6.04 Å². The van der Waals surface area contributed by atoms with E-state index in [1.165, 1.54) is 11.3 Å². The van der Waals surface area contributed by atoms with Crippen molar-refractivity contribution in [2.75, 3.05) is 5.32 Å². The maximum Gasteiger partial charge on any atom is 0.243 e. The molecule has 1 atom stereocenters. The van der Waals surface area contributed by atoms with Gasteiger partial charge >= 0.3 is 0 Å². The van der Waals surface area contributed by atoms with Gasteiger partial charge in [-0.05, 0) is 6.42 Å². The van der Waals surface area contributed by atoms with Gasteiger partial charge in [-0.25, -0.2) is 4.98 Å². The normalized spacial score (nSPS) is 12.5. The summed E-state index contributed by atoms with van der Waals surface area (Å²) < 4.78 is 0. The smallest absolute Gasteiger partial charge is 0.243 e. The highest BCUT2D eigenvalue weighted by Gasteiger charge is 2.11. The summed E-state index contributed by atoms with van der Waals surface area (Å²) >= 11 is 1.38. The number of aromatic nitrogens is 1. The minimum atomic E-state index is -0.436. The maximum absolute atomic E-state index is 11.2. The zero-order chi connectivity index (χ0) is 8.97. The van der Waals surface area contributed by atoms with Crippen LogP contribution in [0.5, 0.6) is 0 Å². The molecule has 4 nitrogen and oxygen atoms in total. The molecule has 1 rings (SSSR count). The summed E-state index contributed by atoms with van der Waals surface area (Å²) in [6.45, 7) is 1.87. The number of carbonyl (C=O) groups is 1. The summed E-state index contributed by atoms with van der Waals surface area (Å²) in [5.74, 6) is -0.174. The van der Waals surface area contributed by atoms with Gasteiger partial charge in [0.2, 0.25) is 5.91 Å². The van der Waals surface area contributed by atoms with E-state index in [9.17, 15) is 4.79 Å². The Morgan fingerprint density at radius 3 is 3.17 bits per heavy atom. The molecule has 12 heavy (non-hydrogen) atoms. The largest absolute Gasteiger partial charge is 0.320 e. The van der Waals surface area contributed by atoms with Crippen LogP contribution in [0.2, 0.25) is 0 Å². The van der Waals surface area contributed by atoms with Crippen LogP contribution in [-0.4, -0.2) is 16.9 Å². The van der Waals surface area contributed by atoms with Crippen LogP contribution < -0.4 is 11.1 Å². The highest BCUT2D eigenvalue weighted by Crippen LogP contribution is 2.10. The van der Waals surface area contributed by atoms with Crippen LogP contribution in [0.4, 0.5) is 5.13 Å². The quantitative estimate of drug-likeness (QED) is 0.732. The zero-order valence-corrected chi connectivity index (χ0v) is 7.60. The predicted molar refractivity (Wildman–Crippen MR) is 49.0 cm³/mol. The van der Waals surface area contributed by atoms with Crippen molar-refractivity contribution in [1.82, 2.24) is 4.98 Å². The molecule has 0 spiro atoms. The fourth-order valence-electron chi connectivity index (χ4n) is 0.669. The van der Waals surface area contributed by atoms with E-state index >= 15 is 0 Å². The monoisotopic (exact) mass is 185 g/mol. The lowest BCUT2D eigenvalue weighted by atomic mass is 10.2. The van der Waals surface area contributed by atoms with Gasteiger partial charge in [0, 0.05) is 11.6 Å². The average Bonchev–Trinajstić information content (AvgIpc) is 2.55. The first kappa shape index (κ1) is 9.15. The van der Waals surface area contributed by atoms with Gasteiger partial charge in [-0.1, -0.05) is 6.92 Å². The fourth-order valence-corrected chi connectivity index (χ4v) is 1.20. The molecule has 0 bridgehead atoms. The number of carbonyl (C=O) groups excluding carboxylic acids is 1. The second-order valence-electron chi connectivity index (χ2n) is 2.34. The highest BCUT2D eigenvalue weighted by atomic mass is 32.1. The van der Waals surface area contributed by atoms with Gasteiger partial charge < -0.3 is 11.1 Å². The number of amides is 1. The molecule has 5 heteroatoms. The van der Waals surface area contributed by atoms with Gasteiger partial charge in [0.25, 0.3) is 0 Å². The van der Waals surface area contributed by atoms with Gasteiger partial charge in [-0.15, -0.1) is 11.3 Å². The number of hydrogen-bond acceptors (Lipinski definition) is 4. The lowest BCUT2D eigenvalue weighted by molar-refractivity contribution is -0.117. The van der Waals surface area contributed by atoms with E-state index in [2.05, 4.69) is 10.3 Å². The second kappa shape index (κ2) is 4.18. The first-order chi connectivity index (χ1) is 5.74. The van der Waals surface area contributed by atoms with Crippen LogP contribution >= 0.6 is 11.3 Å². The van der Waals surface area contributed by atoms with Gasteiger partial charge in [0.05, 0.1) is 6.04 Å². The van der Waals surface area contributed by atoms with Crippen molar-refractivity contribution in [2.45, 2.75) is 19.4 Å². The molecule has 3 N–H and O–H groups in total. The molecule has 1 aromatic rings. The Hall–Kier alpha value is -0.940. The van der Waals surface area contributed by atoms with E-state index in [4.69, 9.17) is 5.73 Å². The summed E-state index contributed by atoms with van der Waals surface area (Å²) in [5, 5.41) is 5.02. The molecule has 1 aromatic heterocycles. The van der Waals surface area contributed by atoms with Gasteiger partial charge in [-0.2, -0.15) is 0 Å². The predicted octanol–water partition coefficient (Wildman–Crippen LogP) is 0.819. The van der Waals surface area contributed by atoms with Gasteiger partial charge in [-0.3, -0.25) is 4.79 Å². The molecule has 0 unspecified atom stereocenters. The maximum atomic E-state index is 11.2. The SMILES string of the molecule is CC[C@@H](N)C(=O)Nc1nccs1. The number of hydrogen-bond donors (Lipinski definition) is 2. The Bertz CT molecular complexity index is 247. The lowest BCUT2D eigenvalue weighted by Crippen LogP contribution is -2.34. The summed E-state index contributed by atoms with van der Waals surface area (Å²) in [4.78, 5) is 15.1. The second-order valence-corrected chi connectivity index (χ2v) is 3.24. The topological polar surface area (TPSA) is 68.0 Å². The molecule has 0 aliphatic heterocycles. The first-order valence-corrected chi connectivity index (χ1v) is 4.58. The molecular formula is C7H11N3OS. The van der Waals surface area contributed by atoms with Crippen LogP contribution in [0.1, 0.15) is 13.3 Å². The Morgan fingerprint density at radius 1 is 1.92 bits per heavy atom. The Morgan fingerprint density at radius 2 is 2.67 bits per heavy atom. The minimum Gasteiger partial charge on any atom is -0.320 e. The van der Waals surface area contributed by atoms with Crippen molar-refractivity contribution in [3.63, 3.8) is 0 Å². The third-order valence-corrected chi connectivity index (χ3v) is 2.13. The Balaban J connectivity index is 2.47. The molecule has 0 saturated heterocycles. The molecular weight excluding hydrogens is 174 g/mol. The van der Waals surface area contributed by atoms with E-state index in [0.29, 0.717) is 11.6 Å². The number of thiazole rings is 1. The highest BCUT2D eigenvalue weighted by molar-refractivity contribution is 7.13. The number of nitrogens with two attached hydrogens (primary N) is 1. The Labute approximate surface area is 74.8 Å². The van der Waals surface area contributed by atoms with Crippen molar-refractivity contribution >= 4 is 22.4 Å². The van der Waals surface area contributed by atoms with Crippen LogP contribution in [0.3, 0.4) is 0 Å². The van der Waals surface area contributed by atoms with Crippen LogP contribution in [0.15, 0.2) is 11.6 Å². The number of rotatable bonds is 3. The van der Waals surface area contributed by atoms with Crippen molar-refractivity contribution in [1.29, 1.82) is 0 Å². The van der Waals surface area contributed by atoms with Crippen molar-refractivity contribution < 1.29 is 4.79 Å². The lowest BCUT2D eigenvalue weighted by Gasteiger charge is -2.06. The molecule has 0 radical (unpaired) electrons. The van der Waals surface area contributed by atoms with Crippen LogP contribution in [0.25, 0.3) is 0 Å². The van der Waals surface area contributed by atoms with Crippen LogP contribution in [-0.2, 0) is 4.79 Å². The van der Waals surface area contributed by atoms with Gasteiger partial charge in [0.1, 0.15) is 0 Å². The van der Waals surface area contributed by atoms with E-state index in [-0.39, 0.29) is 5.91 Å². The molecule has 0 aliphatic rings. The number of nitrogens with one attached hydrogen (secondary N) is 1. The zero-order valence-electron chi connectivity index (χ0n) is 6.78. The van der Waals surface area contributed by atoms with E-state index in [1.54, 1.807) is 11.6 Å². The number of nitrogens with zero attached hydrogens (tertiary/aromatic N) is 1. The first-order valence-electron chi connectivity index (χ1n) is 3.70. The summed E-state index contributed by atoms with van der Waals surface area (Å²) in [6.07, 6.45) is 2.27. The third kappa shape index (κ3) is 2.28. The Kier molecular flexibility index (Phi) is 3.19. The average molecular weight is 185 g/mol. The van der Waals surface area contributed by atoms with Gasteiger partial charge in [0.15, 0.2) is 5.13 Å².